The summed E-state index contributed by atoms with van der Waals surface area (Å²) in [5.74, 6) is -0.0108. The highest BCUT2D eigenvalue weighted by Crippen LogP contribution is 2.40. The second-order valence-corrected chi connectivity index (χ2v) is 10.3. The fourth-order valence-corrected chi connectivity index (χ4v) is 5.34. The molecule has 0 radical (unpaired) electrons. The Kier molecular flexibility index (Phi) is 9.70. The number of hydrogen-bond donors (Lipinski definition) is 1. The Balaban J connectivity index is 1.76. The molecule has 0 heterocycles. The summed E-state index contributed by atoms with van der Waals surface area (Å²) in [6.07, 6.45) is 11.5. The number of alkyl halides is 2. The fraction of sp³-hybridized carbons (Fsp3) is 0.353. The normalized spacial score (nSPS) is 11.7. The van der Waals surface area contributed by atoms with Crippen molar-refractivity contribution in [1.29, 1.82) is 0 Å². The smallest absolute Gasteiger partial charge is 0.249 e. The highest BCUT2D eigenvalue weighted by Gasteiger charge is 2.30. The summed E-state index contributed by atoms with van der Waals surface area (Å²) < 4.78 is 26.9. The molecule has 3 rings (SSSR count). The molecule has 1 nitrogen and oxygen atoms in total. The zero-order valence-corrected chi connectivity index (χ0v) is 22.4. The van der Waals surface area contributed by atoms with Gasteiger partial charge in [0.15, 0.2) is 0 Å². The monoisotopic (exact) mass is 499 g/mol. The second kappa shape index (κ2) is 12.7. The maximum atomic E-state index is 13.5. The van der Waals surface area contributed by atoms with Crippen LogP contribution in [0.2, 0.25) is 0 Å². The lowest BCUT2D eigenvalue weighted by Crippen LogP contribution is -2.26. The minimum atomic E-state index is -2.73. The van der Waals surface area contributed by atoms with Crippen molar-refractivity contribution < 1.29 is 8.78 Å². The van der Waals surface area contributed by atoms with Crippen molar-refractivity contribution in [2.24, 2.45) is 0 Å². The first-order valence-electron chi connectivity index (χ1n) is 13.3. The Bertz CT molecular complexity index is 1210. The van der Waals surface area contributed by atoms with Crippen LogP contribution >= 0.6 is 0 Å². The van der Waals surface area contributed by atoms with Crippen molar-refractivity contribution in [2.75, 3.05) is 5.32 Å². The number of benzene rings is 3. The highest BCUT2D eigenvalue weighted by molar-refractivity contribution is 5.66. The third-order valence-corrected chi connectivity index (χ3v) is 6.98. The van der Waals surface area contributed by atoms with Crippen LogP contribution in [0, 0.1) is 12.3 Å². The Hall–Kier alpha value is -3.38. The van der Waals surface area contributed by atoms with Crippen LogP contribution in [-0.4, -0.2) is 5.92 Å². The molecule has 0 amide bonds. The third-order valence-electron chi connectivity index (χ3n) is 6.98. The minimum Gasteiger partial charge on any atom is -0.359 e. The van der Waals surface area contributed by atoms with Crippen LogP contribution < -0.4 is 5.32 Å². The summed E-state index contributed by atoms with van der Waals surface area (Å²) in [6.45, 7) is 9.70. The van der Waals surface area contributed by atoms with Gasteiger partial charge in [-0.25, -0.2) is 8.78 Å². The molecule has 1 N–H and O–H groups in total. The molecule has 3 heteroatoms. The molecule has 0 bridgehead atoms. The standard InChI is InChI=1S/C34H39F2N/c1-6-20-34(21-7-2,31-17-15-29(16-18-31)30-13-9-11-27(8-3)23-30)22-19-26(4)37-32-14-10-12-28(24-32)25-33(5,35)36/h3,9-18,23-24,37H,4,6-7,19-22,25H2,1-2,5H3. The summed E-state index contributed by atoms with van der Waals surface area (Å²) in [5, 5.41) is 3.36. The van der Waals surface area contributed by atoms with Crippen LogP contribution in [0.1, 0.15) is 76.0 Å². The number of nitrogens with one attached hydrogen (secondary N) is 1. The Morgan fingerprint density at radius 3 is 2.19 bits per heavy atom. The van der Waals surface area contributed by atoms with Gasteiger partial charge in [0.25, 0.3) is 0 Å². The average molecular weight is 500 g/mol. The molecule has 0 atom stereocenters. The summed E-state index contributed by atoms with van der Waals surface area (Å²) in [6, 6.07) is 24.3. The van der Waals surface area contributed by atoms with E-state index in [2.05, 4.69) is 62.0 Å². The molecule has 37 heavy (non-hydrogen) atoms. The van der Waals surface area contributed by atoms with Gasteiger partial charge in [-0.05, 0) is 84.5 Å². The van der Waals surface area contributed by atoms with Gasteiger partial charge in [-0.15, -0.1) is 6.42 Å². The zero-order chi connectivity index (χ0) is 26.9. The first kappa shape index (κ1) is 28.2. The van der Waals surface area contributed by atoms with E-state index in [0.29, 0.717) is 5.56 Å². The van der Waals surface area contributed by atoms with Crippen LogP contribution in [0.25, 0.3) is 11.1 Å². The van der Waals surface area contributed by atoms with E-state index in [1.807, 2.05) is 30.3 Å². The predicted octanol–water partition coefficient (Wildman–Crippen LogP) is 9.78. The van der Waals surface area contributed by atoms with Crippen molar-refractivity contribution >= 4 is 5.69 Å². The summed E-state index contributed by atoms with van der Waals surface area (Å²) >= 11 is 0. The van der Waals surface area contributed by atoms with E-state index in [1.54, 1.807) is 12.1 Å². The van der Waals surface area contributed by atoms with Gasteiger partial charge >= 0.3 is 0 Å². The minimum absolute atomic E-state index is 0.0550. The molecule has 0 aliphatic carbocycles. The maximum absolute atomic E-state index is 13.5. The van der Waals surface area contributed by atoms with Gasteiger partial charge in [-0.2, -0.15) is 0 Å². The SMILES string of the molecule is C#Cc1cccc(-c2ccc(C(CCC)(CCC)CCC(=C)Nc3cccc(CC(C)(F)F)c3)cc2)c1. The Labute approximate surface area is 222 Å². The average Bonchev–Trinajstić information content (AvgIpc) is 2.87. The van der Waals surface area contributed by atoms with Gasteiger partial charge < -0.3 is 5.32 Å². The van der Waals surface area contributed by atoms with Gasteiger partial charge in [0, 0.05) is 23.4 Å². The fourth-order valence-electron chi connectivity index (χ4n) is 5.34. The van der Waals surface area contributed by atoms with Crippen molar-refractivity contribution in [3.8, 4) is 23.5 Å². The quantitative estimate of drug-likeness (QED) is 0.231. The molecule has 0 aromatic heterocycles. The van der Waals surface area contributed by atoms with Gasteiger partial charge in [0.05, 0.1) is 0 Å². The molecule has 194 valence electrons. The van der Waals surface area contributed by atoms with Gasteiger partial charge in [-0.3, -0.25) is 0 Å². The summed E-state index contributed by atoms with van der Waals surface area (Å²) in [5.41, 5.74) is 6.90. The van der Waals surface area contributed by atoms with E-state index in [-0.39, 0.29) is 11.8 Å². The summed E-state index contributed by atoms with van der Waals surface area (Å²) in [7, 11) is 0. The third kappa shape index (κ3) is 8.05. The Morgan fingerprint density at radius 2 is 1.57 bits per heavy atom. The van der Waals surface area contributed by atoms with Crippen molar-refractivity contribution in [3.63, 3.8) is 0 Å². The molecule has 0 unspecified atom stereocenters. The van der Waals surface area contributed by atoms with Crippen LogP contribution in [-0.2, 0) is 11.8 Å². The lowest BCUT2D eigenvalue weighted by molar-refractivity contribution is 0.0226. The molecule has 0 fully saturated rings. The highest BCUT2D eigenvalue weighted by atomic mass is 19.3. The molecule has 0 spiro atoms. The van der Waals surface area contributed by atoms with Crippen LogP contribution in [0.3, 0.4) is 0 Å². The van der Waals surface area contributed by atoms with Gasteiger partial charge in [0.2, 0.25) is 5.92 Å². The number of rotatable bonds is 13. The molecule has 3 aromatic carbocycles. The predicted molar refractivity (Wildman–Crippen MR) is 154 cm³/mol. The van der Waals surface area contributed by atoms with E-state index >= 15 is 0 Å². The first-order valence-corrected chi connectivity index (χ1v) is 13.3. The van der Waals surface area contributed by atoms with Crippen LogP contribution in [0.15, 0.2) is 85.1 Å². The zero-order valence-electron chi connectivity index (χ0n) is 22.4. The molecular weight excluding hydrogens is 460 g/mol. The van der Waals surface area contributed by atoms with Gasteiger partial charge in [0.1, 0.15) is 0 Å². The van der Waals surface area contributed by atoms with E-state index in [0.717, 1.165) is 73.5 Å². The number of terminal acetylenes is 1. The molecule has 0 aliphatic rings. The summed E-state index contributed by atoms with van der Waals surface area (Å²) in [4.78, 5) is 0. The lowest BCUT2D eigenvalue weighted by atomic mass is 9.70. The van der Waals surface area contributed by atoms with Crippen molar-refractivity contribution in [3.05, 3.63) is 102 Å². The van der Waals surface area contributed by atoms with E-state index < -0.39 is 5.92 Å². The van der Waals surface area contributed by atoms with Crippen molar-refractivity contribution in [1.82, 2.24) is 0 Å². The van der Waals surface area contributed by atoms with Crippen LogP contribution in [0.4, 0.5) is 14.5 Å². The number of halogens is 2. The lowest BCUT2D eigenvalue weighted by Gasteiger charge is -2.35. The van der Waals surface area contributed by atoms with Crippen LogP contribution in [0.5, 0.6) is 0 Å². The molecule has 0 aliphatic heterocycles. The maximum Gasteiger partial charge on any atom is 0.249 e. The Morgan fingerprint density at radius 1 is 0.892 bits per heavy atom. The van der Waals surface area contributed by atoms with Crippen molar-refractivity contribution in [2.45, 2.75) is 77.1 Å². The van der Waals surface area contributed by atoms with E-state index in [4.69, 9.17) is 6.42 Å². The largest absolute Gasteiger partial charge is 0.359 e. The van der Waals surface area contributed by atoms with E-state index in [1.165, 1.54) is 5.56 Å². The van der Waals surface area contributed by atoms with Gasteiger partial charge in [-0.1, -0.05) is 87.7 Å². The topological polar surface area (TPSA) is 12.0 Å². The second-order valence-electron chi connectivity index (χ2n) is 10.3. The molecule has 0 saturated heterocycles. The number of anilines is 1. The number of allylic oxidation sites excluding steroid dienone is 1. The van der Waals surface area contributed by atoms with E-state index in [9.17, 15) is 8.78 Å². The molecule has 3 aromatic rings. The molecule has 0 saturated carbocycles. The molecular formula is C34H39F2N. The number of hydrogen-bond acceptors (Lipinski definition) is 1. The first-order chi connectivity index (χ1) is 17.7.